The summed E-state index contributed by atoms with van der Waals surface area (Å²) in [5.74, 6) is 0.285. The lowest BCUT2D eigenvalue weighted by Gasteiger charge is -2.36. The monoisotopic (exact) mass is 507 g/mol. The van der Waals surface area contributed by atoms with Gasteiger partial charge in [0.1, 0.15) is 18.5 Å². The number of halogens is 1. The molecule has 3 aromatic carbocycles. The van der Waals surface area contributed by atoms with Crippen LogP contribution in [0, 0.1) is 6.92 Å². The number of hydrogen-bond donors (Lipinski definition) is 1. The van der Waals surface area contributed by atoms with Gasteiger partial charge in [0, 0.05) is 67.3 Å². The minimum Gasteiger partial charge on any atom is -0.491 e. The molecule has 3 aromatic rings. The van der Waals surface area contributed by atoms with Crippen LogP contribution in [-0.2, 0) is 0 Å². The molecule has 5 rings (SSSR count). The zero-order valence-corrected chi connectivity index (χ0v) is 21.1. The highest BCUT2D eigenvalue weighted by Gasteiger charge is 2.33. The fraction of sp³-hybridized carbons (Fsp3) is 0.357. The van der Waals surface area contributed by atoms with E-state index in [-0.39, 0.29) is 18.4 Å². The number of β-amino-alcohol motifs (C(OH)–C–C–N with tert-alkyl or cyclic N) is 1. The second kappa shape index (κ2) is 10.6. The lowest BCUT2D eigenvalue weighted by atomic mass is 9.94. The van der Waals surface area contributed by atoms with Crippen molar-refractivity contribution < 1.29 is 19.4 Å². The van der Waals surface area contributed by atoms with Crippen molar-refractivity contribution in [2.75, 3.05) is 52.4 Å². The van der Waals surface area contributed by atoms with Crippen molar-refractivity contribution in [1.82, 2.24) is 14.7 Å². The Balaban J connectivity index is 1.10. The first-order valence-corrected chi connectivity index (χ1v) is 12.7. The Labute approximate surface area is 215 Å². The number of carbonyl (C=O) groups is 2. The Hall–Kier alpha value is -2.97. The Morgan fingerprint density at radius 1 is 0.917 bits per heavy atom. The second-order valence-corrected chi connectivity index (χ2v) is 9.92. The number of carbonyl (C=O) groups excluding carboxylic acids is 2. The van der Waals surface area contributed by atoms with Gasteiger partial charge in [-0.1, -0.05) is 35.9 Å². The first-order valence-electron chi connectivity index (χ1n) is 12.3. The van der Waals surface area contributed by atoms with Gasteiger partial charge >= 0.3 is 0 Å². The third kappa shape index (κ3) is 5.11. The van der Waals surface area contributed by atoms with Gasteiger partial charge in [-0.3, -0.25) is 24.3 Å². The summed E-state index contributed by atoms with van der Waals surface area (Å²) in [6.45, 7) is 6.91. The number of aliphatic hydroxyl groups is 1. The van der Waals surface area contributed by atoms with E-state index in [2.05, 4.69) is 9.80 Å². The van der Waals surface area contributed by atoms with Crippen LogP contribution < -0.4 is 4.74 Å². The normalized spacial score (nSPS) is 17.6. The molecule has 8 heteroatoms. The fourth-order valence-electron chi connectivity index (χ4n) is 5.03. The molecule has 36 heavy (non-hydrogen) atoms. The molecular weight excluding hydrogens is 478 g/mol. The topological polar surface area (TPSA) is 73.3 Å². The molecule has 0 aromatic heterocycles. The summed E-state index contributed by atoms with van der Waals surface area (Å²) in [6.07, 6.45) is -0.599. The molecule has 0 saturated carbocycles. The number of benzene rings is 3. The summed E-state index contributed by atoms with van der Waals surface area (Å²) < 4.78 is 5.77. The Morgan fingerprint density at radius 2 is 1.56 bits per heavy atom. The lowest BCUT2D eigenvalue weighted by Crippen LogP contribution is -2.51. The second-order valence-electron chi connectivity index (χ2n) is 9.49. The van der Waals surface area contributed by atoms with Gasteiger partial charge in [-0.2, -0.15) is 0 Å². The van der Waals surface area contributed by atoms with Gasteiger partial charge < -0.3 is 9.84 Å². The van der Waals surface area contributed by atoms with Crippen LogP contribution in [0.2, 0.25) is 5.02 Å². The molecule has 2 heterocycles. The third-order valence-electron chi connectivity index (χ3n) is 7.00. The Morgan fingerprint density at radius 3 is 2.19 bits per heavy atom. The van der Waals surface area contributed by atoms with E-state index >= 15 is 0 Å². The summed E-state index contributed by atoms with van der Waals surface area (Å²) in [4.78, 5) is 32.0. The fourth-order valence-corrected chi connectivity index (χ4v) is 5.26. The van der Waals surface area contributed by atoms with Crippen LogP contribution in [0.15, 0.2) is 54.6 Å². The van der Waals surface area contributed by atoms with Crippen LogP contribution in [0.5, 0.6) is 5.75 Å². The van der Waals surface area contributed by atoms with Gasteiger partial charge in [0.05, 0.1) is 0 Å². The number of amides is 2. The maximum absolute atomic E-state index is 13.1. The van der Waals surface area contributed by atoms with Crippen LogP contribution in [-0.4, -0.2) is 90.1 Å². The first-order chi connectivity index (χ1) is 17.4. The standard InChI is InChI=1S/C28H30ClN3O4/c1-19-16-21(29)8-9-25(19)36-18-22(33)17-31-12-10-30(11-13-31)14-15-32-27(34)23-6-2-4-20-5-3-7-24(26(20)23)28(32)35/h2-9,16,22,33H,10-15,17-18H2,1H3/t22-/m0/s1. The molecule has 0 aliphatic carbocycles. The quantitative estimate of drug-likeness (QED) is 0.471. The van der Waals surface area contributed by atoms with Gasteiger partial charge in [0.25, 0.3) is 11.8 Å². The highest BCUT2D eigenvalue weighted by Crippen LogP contribution is 2.30. The molecule has 7 nitrogen and oxygen atoms in total. The molecule has 1 N–H and O–H groups in total. The number of ether oxygens (including phenoxy) is 1. The predicted octanol–water partition coefficient (Wildman–Crippen LogP) is 3.46. The summed E-state index contributed by atoms with van der Waals surface area (Å²) in [7, 11) is 0. The van der Waals surface area contributed by atoms with Gasteiger partial charge in [-0.05, 0) is 48.2 Å². The van der Waals surface area contributed by atoms with Crippen molar-refractivity contribution in [1.29, 1.82) is 0 Å². The van der Waals surface area contributed by atoms with Crippen LogP contribution in [0.3, 0.4) is 0 Å². The van der Waals surface area contributed by atoms with Gasteiger partial charge in [-0.25, -0.2) is 0 Å². The number of rotatable bonds is 8. The third-order valence-corrected chi connectivity index (χ3v) is 7.23. The maximum Gasteiger partial charge on any atom is 0.261 e. The zero-order valence-electron chi connectivity index (χ0n) is 20.3. The molecule has 1 atom stereocenters. The number of aliphatic hydroxyl groups excluding tert-OH is 1. The molecule has 2 aliphatic rings. The number of imide groups is 1. The summed E-state index contributed by atoms with van der Waals surface area (Å²) >= 11 is 5.99. The average molecular weight is 508 g/mol. The zero-order chi connectivity index (χ0) is 25.2. The van der Waals surface area contributed by atoms with Gasteiger partial charge in [0.2, 0.25) is 0 Å². The van der Waals surface area contributed by atoms with E-state index in [0.717, 1.165) is 48.3 Å². The lowest BCUT2D eigenvalue weighted by molar-refractivity contribution is 0.0415. The van der Waals surface area contributed by atoms with Gasteiger partial charge in [0.15, 0.2) is 0 Å². The number of aryl methyl sites for hydroxylation is 1. The van der Waals surface area contributed by atoms with E-state index in [4.69, 9.17) is 16.3 Å². The van der Waals surface area contributed by atoms with Crippen molar-refractivity contribution >= 4 is 34.2 Å². The van der Waals surface area contributed by atoms with E-state index in [1.54, 1.807) is 18.2 Å². The molecule has 0 spiro atoms. The van der Waals surface area contributed by atoms with E-state index < -0.39 is 6.10 Å². The van der Waals surface area contributed by atoms with Crippen LogP contribution in [0.4, 0.5) is 0 Å². The molecule has 0 unspecified atom stereocenters. The minimum atomic E-state index is -0.599. The van der Waals surface area contributed by atoms with Crippen molar-refractivity contribution in [2.45, 2.75) is 13.0 Å². The molecule has 1 fully saturated rings. The van der Waals surface area contributed by atoms with Crippen LogP contribution in [0.25, 0.3) is 10.8 Å². The Kier molecular flexibility index (Phi) is 7.25. The highest BCUT2D eigenvalue weighted by molar-refractivity contribution is 6.30. The van der Waals surface area contributed by atoms with E-state index in [0.29, 0.717) is 35.8 Å². The Bertz CT molecular complexity index is 1240. The number of nitrogens with zero attached hydrogens (tertiary/aromatic N) is 3. The van der Waals surface area contributed by atoms with E-state index in [9.17, 15) is 14.7 Å². The molecule has 2 amide bonds. The van der Waals surface area contributed by atoms with E-state index in [1.165, 1.54) is 4.90 Å². The molecular formula is C28H30ClN3O4. The molecule has 0 radical (unpaired) electrons. The van der Waals surface area contributed by atoms with Crippen molar-refractivity contribution in [3.8, 4) is 5.75 Å². The minimum absolute atomic E-state index is 0.218. The van der Waals surface area contributed by atoms with Crippen LogP contribution >= 0.6 is 11.6 Å². The molecule has 0 bridgehead atoms. The molecule has 1 saturated heterocycles. The maximum atomic E-state index is 13.1. The smallest absolute Gasteiger partial charge is 0.261 e. The van der Waals surface area contributed by atoms with Crippen LogP contribution in [0.1, 0.15) is 26.3 Å². The molecule has 188 valence electrons. The summed E-state index contributed by atoms with van der Waals surface area (Å²) in [5.41, 5.74) is 2.13. The molecule has 2 aliphatic heterocycles. The van der Waals surface area contributed by atoms with Crippen molar-refractivity contribution in [3.05, 3.63) is 76.3 Å². The largest absolute Gasteiger partial charge is 0.491 e. The summed E-state index contributed by atoms with van der Waals surface area (Å²) in [5, 5.41) is 12.8. The average Bonchev–Trinajstić information content (AvgIpc) is 2.87. The number of hydrogen-bond acceptors (Lipinski definition) is 6. The first kappa shape index (κ1) is 24.7. The van der Waals surface area contributed by atoms with Gasteiger partial charge in [-0.15, -0.1) is 0 Å². The van der Waals surface area contributed by atoms with E-state index in [1.807, 2.05) is 43.3 Å². The summed E-state index contributed by atoms with van der Waals surface area (Å²) in [6, 6.07) is 16.6. The van der Waals surface area contributed by atoms with Crippen molar-refractivity contribution in [3.63, 3.8) is 0 Å². The van der Waals surface area contributed by atoms with Crippen molar-refractivity contribution in [2.24, 2.45) is 0 Å². The SMILES string of the molecule is Cc1cc(Cl)ccc1OC[C@@H](O)CN1CCN(CCN2C(=O)c3cccc4cccc(c34)C2=O)CC1. The highest BCUT2D eigenvalue weighted by atomic mass is 35.5. The number of piperazine rings is 1. The predicted molar refractivity (Wildman–Crippen MR) is 140 cm³/mol.